The van der Waals surface area contributed by atoms with Crippen molar-refractivity contribution in [2.75, 3.05) is 12.4 Å². The Kier molecular flexibility index (Phi) is 4.46. The van der Waals surface area contributed by atoms with Crippen LogP contribution in [0.25, 0.3) is 0 Å². The number of methoxy groups -OCH3 is 1. The second-order valence-electron chi connectivity index (χ2n) is 8.10. The Bertz CT molecular complexity index is 1140. The van der Waals surface area contributed by atoms with Crippen molar-refractivity contribution < 1.29 is 9.13 Å². The van der Waals surface area contributed by atoms with Crippen molar-refractivity contribution in [1.82, 2.24) is 0 Å². The molecule has 0 radical (unpaired) electrons. The van der Waals surface area contributed by atoms with E-state index in [-0.39, 0.29) is 29.5 Å². The van der Waals surface area contributed by atoms with Crippen molar-refractivity contribution in [2.24, 2.45) is 11.7 Å². The van der Waals surface area contributed by atoms with Crippen molar-refractivity contribution in [1.29, 1.82) is 5.41 Å². The topological polar surface area (TPSA) is 71.1 Å². The number of fused-ring (bicyclic) bond motifs is 5. The zero-order valence-corrected chi connectivity index (χ0v) is 16.8. The van der Waals surface area contributed by atoms with Crippen LogP contribution in [-0.2, 0) is 6.42 Å². The molecule has 1 heterocycles. The normalized spacial score (nSPS) is 21.6. The predicted octanol–water partition coefficient (Wildman–Crippen LogP) is 4.98. The van der Waals surface area contributed by atoms with Gasteiger partial charge in [0, 0.05) is 22.7 Å². The third kappa shape index (κ3) is 2.93. The average molecular weight is 401 g/mol. The van der Waals surface area contributed by atoms with E-state index in [9.17, 15) is 4.39 Å². The molecule has 0 fully saturated rings. The molecular weight excluding hydrogens is 377 g/mol. The third-order valence-electron chi connectivity index (χ3n) is 6.54. The van der Waals surface area contributed by atoms with Gasteiger partial charge in [0.15, 0.2) is 0 Å². The quantitative estimate of drug-likeness (QED) is 0.428. The summed E-state index contributed by atoms with van der Waals surface area (Å²) in [6, 6.07) is 19.1. The second-order valence-corrected chi connectivity index (χ2v) is 8.10. The molecule has 4 N–H and O–H groups in total. The van der Waals surface area contributed by atoms with E-state index in [1.165, 1.54) is 17.2 Å². The van der Waals surface area contributed by atoms with Crippen molar-refractivity contribution in [3.63, 3.8) is 0 Å². The van der Waals surface area contributed by atoms with Crippen LogP contribution in [-0.4, -0.2) is 12.9 Å². The Morgan fingerprint density at radius 1 is 1.07 bits per heavy atom. The SMILES string of the molecule is COc1ccc(F)c(C2Nc3ccc(C(=N)N)cc3C3c4ccccc4CCC23)c1. The fourth-order valence-corrected chi connectivity index (χ4v) is 5.13. The number of hydrogen-bond acceptors (Lipinski definition) is 3. The van der Waals surface area contributed by atoms with E-state index in [1.807, 2.05) is 18.2 Å². The van der Waals surface area contributed by atoms with Gasteiger partial charge in [0.1, 0.15) is 17.4 Å². The maximum absolute atomic E-state index is 15.0. The number of amidine groups is 1. The highest BCUT2D eigenvalue weighted by molar-refractivity contribution is 5.95. The molecule has 0 bridgehead atoms. The summed E-state index contributed by atoms with van der Waals surface area (Å²) < 4.78 is 20.3. The van der Waals surface area contributed by atoms with Gasteiger partial charge < -0.3 is 15.8 Å². The van der Waals surface area contributed by atoms with Gasteiger partial charge in [0.2, 0.25) is 0 Å². The second kappa shape index (κ2) is 7.17. The van der Waals surface area contributed by atoms with Crippen LogP contribution in [0.1, 0.15) is 46.2 Å². The lowest BCUT2D eigenvalue weighted by atomic mass is 9.65. The molecule has 1 aliphatic carbocycles. The minimum absolute atomic E-state index is 0.0550. The molecule has 3 aromatic carbocycles. The molecule has 0 amide bonds. The Balaban J connectivity index is 1.70. The van der Waals surface area contributed by atoms with Gasteiger partial charge in [-0.15, -0.1) is 0 Å². The first-order valence-electron chi connectivity index (χ1n) is 10.2. The summed E-state index contributed by atoms with van der Waals surface area (Å²) in [7, 11) is 1.60. The van der Waals surface area contributed by atoms with Gasteiger partial charge in [-0.25, -0.2) is 4.39 Å². The van der Waals surface area contributed by atoms with Crippen LogP contribution in [0.5, 0.6) is 5.75 Å². The van der Waals surface area contributed by atoms with Crippen LogP contribution in [0.2, 0.25) is 0 Å². The monoisotopic (exact) mass is 401 g/mol. The summed E-state index contributed by atoms with van der Waals surface area (Å²) in [4.78, 5) is 0. The number of halogens is 1. The van der Waals surface area contributed by atoms with Gasteiger partial charge in [0.25, 0.3) is 0 Å². The van der Waals surface area contributed by atoms with Crippen molar-refractivity contribution in [2.45, 2.75) is 24.8 Å². The highest BCUT2D eigenvalue weighted by Gasteiger charge is 2.42. The molecule has 4 nitrogen and oxygen atoms in total. The van der Waals surface area contributed by atoms with Gasteiger partial charge in [-0.05, 0) is 71.8 Å². The molecule has 0 saturated carbocycles. The zero-order valence-electron chi connectivity index (χ0n) is 16.8. The third-order valence-corrected chi connectivity index (χ3v) is 6.54. The number of anilines is 1. The standard InChI is InChI=1S/C25H24FN3O/c1-30-16-8-10-21(26)19(13-16)24-18-9-6-14-4-2-3-5-17(14)23(18)20-12-15(25(27)28)7-11-22(20)29-24/h2-5,7-8,10-13,18,23-24,29H,6,9H2,1H3,(H3,27,28). The lowest BCUT2D eigenvalue weighted by Gasteiger charge is -2.45. The van der Waals surface area contributed by atoms with Crippen LogP contribution < -0.4 is 15.8 Å². The molecule has 5 heteroatoms. The molecule has 1 aliphatic heterocycles. The van der Waals surface area contributed by atoms with E-state index in [0.717, 1.165) is 24.1 Å². The van der Waals surface area contributed by atoms with Gasteiger partial charge in [-0.3, -0.25) is 5.41 Å². The fourth-order valence-electron chi connectivity index (χ4n) is 5.13. The van der Waals surface area contributed by atoms with Crippen LogP contribution in [0.4, 0.5) is 10.1 Å². The largest absolute Gasteiger partial charge is 0.497 e. The van der Waals surface area contributed by atoms with Crippen LogP contribution in [0.3, 0.4) is 0 Å². The van der Waals surface area contributed by atoms with Crippen molar-refractivity contribution >= 4 is 11.5 Å². The maximum Gasteiger partial charge on any atom is 0.128 e. The van der Waals surface area contributed by atoms with Crippen LogP contribution in [0, 0.1) is 17.1 Å². The van der Waals surface area contributed by atoms with E-state index in [1.54, 1.807) is 19.2 Å². The van der Waals surface area contributed by atoms with Gasteiger partial charge in [-0.1, -0.05) is 24.3 Å². The first-order valence-corrected chi connectivity index (χ1v) is 10.2. The van der Waals surface area contributed by atoms with Gasteiger partial charge in [0.05, 0.1) is 13.2 Å². The maximum atomic E-state index is 15.0. The van der Waals surface area contributed by atoms with Crippen molar-refractivity contribution in [3.8, 4) is 5.75 Å². The first kappa shape index (κ1) is 18.7. The lowest BCUT2D eigenvalue weighted by Crippen LogP contribution is -2.36. The minimum atomic E-state index is -0.227. The van der Waals surface area contributed by atoms with Gasteiger partial charge >= 0.3 is 0 Å². The summed E-state index contributed by atoms with van der Waals surface area (Å²) in [5, 5.41) is 11.5. The number of ether oxygens (including phenoxy) is 1. The first-order chi connectivity index (χ1) is 14.6. The minimum Gasteiger partial charge on any atom is -0.497 e. The van der Waals surface area contributed by atoms with Crippen LogP contribution in [0.15, 0.2) is 60.7 Å². The summed E-state index contributed by atoms with van der Waals surface area (Å²) in [6.07, 6.45) is 1.91. The Hall–Kier alpha value is -3.34. The van der Waals surface area contributed by atoms with E-state index in [0.29, 0.717) is 16.9 Å². The number of nitrogens with two attached hydrogens (primary N) is 1. The summed E-state index contributed by atoms with van der Waals surface area (Å²) in [6.45, 7) is 0. The summed E-state index contributed by atoms with van der Waals surface area (Å²) in [5.74, 6) is 0.769. The molecule has 0 spiro atoms. The van der Waals surface area contributed by atoms with Gasteiger partial charge in [-0.2, -0.15) is 0 Å². The molecule has 2 aliphatic rings. The Labute approximate surface area is 175 Å². The van der Waals surface area contributed by atoms with Crippen molar-refractivity contribution in [3.05, 3.63) is 94.3 Å². The van der Waals surface area contributed by atoms with E-state index >= 15 is 0 Å². The molecule has 0 aromatic heterocycles. The number of rotatable bonds is 3. The number of hydrogen-bond donors (Lipinski definition) is 3. The fraction of sp³-hybridized carbons (Fsp3) is 0.240. The van der Waals surface area contributed by atoms with E-state index in [2.05, 4.69) is 29.6 Å². The lowest BCUT2D eigenvalue weighted by molar-refractivity contribution is 0.340. The molecule has 3 unspecified atom stereocenters. The Morgan fingerprint density at radius 3 is 2.70 bits per heavy atom. The molecule has 30 heavy (non-hydrogen) atoms. The molecule has 152 valence electrons. The zero-order chi connectivity index (χ0) is 20.8. The average Bonchev–Trinajstić information content (AvgIpc) is 2.78. The van der Waals surface area contributed by atoms with E-state index < -0.39 is 0 Å². The highest BCUT2D eigenvalue weighted by Crippen LogP contribution is 2.53. The highest BCUT2D eigenvalue weighted by atomic mass is 19.1. The van der Waals surface area contributed by atoms with E-state index in [4.69, 9.17) is 15.9 Å². The number of benzene rings is 3. The number of aryl methyl sites for hydroxylation is 1. The predicted molar refractivity (Wildman–Crippen MR) is 117 cm³/mol. The Morgan fingerprint density at radius 2 is 1.90 bits per heavy atom. The molecule has 3 atom stereocenters. The molecule has 0 saturated heterocycles. The molecule has 5 rings (SSSR count). The molecule has 3 aromatic rings. The molecular formula is C25H24FN3O. The number of nitrogens with one attached hydrogen (secondary N) is 2. The van der Waals surface area contributed by atoms with Crippen LogP contribution >= 0.6 is 0 Å². The summed E-state index contributed by atoms with van der Waals surface area (Å²) in [5.41, 5.74) is 11.8. The smallest absolute Gasteiger partial charge is 0.128 e. The number of nitrogen functional groups attached to an aromatic ring is 1. The summed E-state index contributed by atoms with van der Waals surface area (Å²) >= 11 is 0.